The Bertz CT molecular complexity index is 1030. The van der Waals surface area contributed by atoms with Crippen LogP contribution in [0.2, 0.25) is 0 Å². The molecule has 3 rings (SSSR count). The fourth-order valence-corrected chi connectivity index (χ4v) is 3.95. The van der Waals surface area contributed by atoms with Crippen molar-refractivity contribution in [3.8, 4) is 0 Å². The zero-order valence-corrected chi connectivity index (χ0v) is 15.7. The summed E-state index contributed by atoms with van der Waals surface area (Å²) < 4.78 is 27.7. The van der Waals surface area contributed by atoms with E-state index in [1.54, 1.807) is 30.5 Å². The normalized spacial score (nSPS) is 16.0. The number of ketones is 1. The molecule has 2 N–H and O–H groups in total. The van der Waals surface area contributed by atoms with Gasteiger partial charge in [-0.15, -0.1) is 0 Å². The maximum Gasteiger partial charge on any atom is 0.269 e. The van der Waals surface area contributed by atoms with Gasteiger partial charge in [0.15, 0.2) is 5.78 Å². The van der Waals surface area contributed by atoms with Gasteiger partial charge in [0.2, 0.25) is 0 Å². The lowest BCUT2D eigenvalue weighted by Gasteiger charge is -2.15. The van der Waals surface area contributed by atoms with E-state index in [2.05, 4.69) is 10.0 Å². The highest BCUT2D eigenvalue weighted by atomic mass is 32.2. The van der Waals surface area contributed by atoms with Gasteiger partial charge in [-0.1, -0.05) is 12.1 Å². The van der Waals surface area contributed by atoms with Crippen LogP contribution in [0, 0.1) is 10.1 Å². The van der Waals surface area contributed by atoms with Gasteiger partial charge in [0.05, 0.1) is 21.2 Å². The van der Waals surface area contributed by atoms with Crippen LogP contribution >= 0.6 is 0 Å². The zero-order chi connectivity index (χ0) is 20.1. The largest absolute Gasteiger partial charge is 0.360 e. The molecular formula is C19H19N3O5S. The average molecular weight is 401 g/mol. The maximum absolute atomic E-state index is 12.6. The Kier molecular flexibility index (Phi) is 5.74. The van der Waals surface area contributed by atoms with Gasteiger partial charge >= 0.3 is 0 Å². The van der Waals surface area contributed by atoms with Crippen LogP contribution in [0.3, 0.4) is 0 Å². The van der Waals surface area contributed by atoms with Gasteiger partial charge in [-0.2, -0.15) is 0 Å². The number of carbonyl (C=O) groups excluding carboxylic acids is 1. The Balaban J connectivity index is 1.81. The molecule has 1 aliphatic carbocycles. The fourth-order valence-electron chi connectivity index (χ4n) is 2.87. The molecule has 0 radical (unpaired) electrons. The van der Waals surface area contributed by atoms with Crippen LogP contribution in [0.1, 0.15) is 25.7 Å². The summed E-state index contributed by atoms with van der Waals surface area (Å²) in [4.78, 5) is 22.0. The molecular weight excluding hydrogens is 382 g/mol. The highest BCUT2D eigenvalue weighted by Crippen LogP contribution is 2.26. The number of non-ortho nitro benzene ring substituents is 1. The van der Waals surface area contributed by atoms with Crippen molar-refractivity contribution < 1.29 is 18.1 Å². The number of nitrogens with one attached hydrogen (secondary N) is 2. The van der Waals surface area contributed by atoms with E-state index >= 15 is 0 Å². The lowest BCUT2D eigenvalue weighted by molar-refractivity contribution is -0.384. The minimum atomic E-state index is -3.93. The quantitative estimate of drug-likeness (QED) is 0.431. The Labute approximate surface area is 162 Å². The molecule has 1 fully saturated rings. The monoisotopic (exact) mass is 401 g/mol. The van der Waals surface area contributed by atoms with Crippen molar-refractivity contribution in [2.75, 3.05) is 10.0 Å². The van der Waals surface area contributed by atoms with Gasteiger partial charge in [0.1, 0.15) is 0 Å². The molecule has 28 heavy (non-hydrogen) atoms. The first-order chi connectivity index (χ1) is 13.4. The minimum Gasteiger partial charge on any atom is -0.360 e. The standard InChI is InChI=1S/C19H19N3O5S/c23-19-8-4-1-5-14(19)13-20-17-6-2-3-7-18(17)21-28(26,27)16-11-9-15(10-12-16)22(24)25/h2-3,6-7,9-13,20-21H,1,4-5,8H2/b14-13+. The van der Waals surface area contributed by atoms with Gasteiger partial charge in [0.25, 0.3) is 15.7 Å². The molecule has 2 aromatic rings. The SMILES string of the molecule is O=C1CCCC/C1=C\Nc1ccccc1NS(=O)(=O)c1ccc([N+](=O)[O-])cc1. The Morgan fingerprint density at radius 2 is 1.61 bits per heavy atom. The molecule has 0 saturated heterocycles. The van der Waals surface area contributed by atoms with Crippen molar-refractivity contribution in [3.05, 3.63) is 70.4 Å². The molecule has 0 unspecified atom stereocenters. The molecule has 0 atom stereocenters. The molecule has 0 bridgehead atoms. The number of hydrogen-bond donors (Lipinski definition) is 2. The summed E-state index contributed by atoms with van der Waals surface area (Å²) in [5.41, 5.74) is 1.31. The summed E-state index contributed by atoms with van der Waals surface area (Å²) >= 11 is 0. The van der Waals surface area contributed by atoms with Crippen molar-refractivity contribution in [3.63, 3.8) is 0 Å². The number of benzene rings is 2. The number of nitro groups is 1. The molecule has 0 amide bonds. The predicted octanol–water partition coefficient (Wildman–Crippen LogP) is 3.83. The molecule has 2 aromatic carbocycles. The molecule has 9 heteroatoms. The third-order valence-electron chi connectivity index (χ3n) is 4.39. The van der Waals surface area contributed by atoms with Crippen LogP contribution < -0.4 is 10.0 Å². The second kappa shape index (κ2) is 8.22. The van der Waals surface area contributed by atoms with E-state index in [9.17, 15) is 23.3 Å². The Morgan fingerprint density at radius 3 is 2.25 bits per heavy atom. The third-order valence-corrected chi connectivity index (χ3v) is 5.77. The van der Waals surface area contributed by atoms with Crippen LogP contribution in [0.15, 0.2) is 65.2 Å². The average Bonchev–Trinajstić information content (AvgIpc) is 2.68. The first-order valence-electron chi connectivity index (χ1n) is 8.72. The van der Waals surface area contributed by atoms with E-state index in [0.29, 0.717) is 29.8 Å². The van der Waals surface area contributed by atoms with Crippen molar-refractivity contribution in [2.45, 2.75) is 30.6 Å². The molecule has 1 saturated carbocycles. The van der Waals surface area contributed by atoms with E-state index in [4.69, 9.17) is 0 Å². The number of nitro benzene ring substituents is 1. The Morgan fingerprint density at radius 1 is 0.964 bits per heavy atom. The van der Waals surface area contributed by atoms with E-state index in [0.717, 1.165) is 25.0 Å². The summed E-state index contributed by atoms with van der Waals surface area (Å²) in [6, 6.07) is 11.3. The number of para-hydroxylation sites is 2. The highest BCUT2D eigenvalue weighted by Gasteiger charge is 2.18. The molecule has 8 nitrogen and oxygen atoms in total. The van der Waals surface area contributed by atoms with Gasteiger partial charge < -0.3 is 5.32 Å². The molecule has 146 valence electrons. The van der Waals surface area contributed by atoms with E-state index in [-0.39, 0.29) is 16.4 Å². The van der Waals surface area contributed by atoms with E-state index < -0.39 is 14.9 Å². The summed E-state index contributed by atoms with van der Waals surface area (Å²) in [6.07, 6.45) is 4.69. The van der Waals surface area contributed by atoms with Crippen LogP contribution in [-0.2, 0) is 14.8 Å². The molecule has 0 aliphatic heterocycles. The fraction of sp³-hybridized carbons (Fsp3) is 0.211. The predicted molar refractivity (Wildman–Crippen MR) is 106 cm³/mol. The lowest BCUT2D eigenvalue weighted by Crippen LogP contribution is -2.14. The Hall–Kier alpha value is -3.20. The summed E-state index contributed by atoms with van der Waals surface area (Å²) in [5.74, 6) is 0.0997. The molecule has 0 heterocycles. The number of sulfonamides is 1. The van der Waals surface area contributed by atoms with Crippen molar-refractivity contribution in [1.29, 1.82) is 0 Å². The number of nitrogens with zero attached hydrogens (tertiary/aromatic N) is 1. The molecule has 1 aliphatic rings. The first-order valence-corrected chi connectivity index (χ1v) is 10.2. The second-order valence-electron chi connectivity index (χ2n) is 6.35. The number of rotatable bonds is 6. The number of hydrogen-bond acceptors (Lipinski definition) is 6. The van der Waals surface area contributed by atoms with Crippen molar-refractivity contribution >= 4 is 32.9 Å². The molecule has 0 aromatic heterocycles. The number of allylic oxidation sites excluding steroid dienone is 1. The van der Waals surface area contributed by atoms with Crippen molar-refractivity contribution in [1.82, 2.24) is 0 Å². The van der Waals surface area contributed by atoms with Crippen LogP contribution in [0.4, 0.5) is 17.1 Å². The van der Waals surface area contributed by atoms with E-state index in [1.807, 2.05) is 0 Å². The number of anilines is 2. The smallest absolute Gasteiger partial charge is 0.269 e. The van der Waals surface area contributed by atoms with Crippen molar-refractivity contribution in [2.24, 2.45) is 0 Å². The third kappa shape index (κ3) is 4.55. The van der Waals surface area contributed by atoms with E-state index in [1.165, 1.54) is 12.1 Å². The summed E-state index contributed by atoms with van der Waals surface area (Å²) in [7, 11) is -3.93. The van der Waals surface area contributed by atoms with Gasteiger partial charge in [-0.25, -0.2) is 8.42 Å². The zero-order valence-electron chi connectivity index (χ0n) is 14.9. The van der Waals surface area contributed by atoms with Crippen LogP contribution in [0.5, 0.6) is 0 Å². The van der Waals surface area contributed by atoms with Gasteiger partial charge in [-0.05, 0) is 43.5 Å². The summed E-state index contributed by atoms with van der Waals surface area (Å²) in [6.45, 7) is 0. The first kappa shape index (κ1) is 19.6. The lowest BCUT2D eigenvalue weighted by atomic mass is 9.94. The molecule has 0 spiro atoms. The topological polar surface area (TPSA) is 118 Å². The number of carbonyl (C=O) groups is 1. The minimum absolute atomic E-state index is 0.0892. The maximum atomic E-state index is 12.6. The second-order valence-corrected chi connectivity index (χ2v) is 8.03. The van der Waals surface area contributed by atoms with Crippen LogP contribution in [0.25, 0.3) is 0 Å². The number of Topliss-reactive ketones (excluding diaryl/α,β-unsaturated/α-hetero) is 1. The van der Waals surface area contributed by atoms with Gasteiger partial charge in [0, 0.05) is 30.3 Å². The van der Waals surface area contributed by atoms with Crippen LogP contribution in [-0.4, -0.2) is 19.1 Å². The summed E-state index contributed by atoms with van der Waals surface area (Å²) in [5, 5.41) is 13.7. The highest BCUT2D eigenvalue weighted by molar-refractivity contribution is 7.92. The van der Waals surface area contributed by atoms with Gasteiger partial charge in [-0.3, -0.25) is 19.6 Å².